The highest BCUT2D eigenvalue weighted by Gasteiger charge is 2.30. The maximum Gasteiger partial charge on any atom is 0.322 e. The van der Waals surface area contributed by atoms with E-state index in [9.17, 15) is 4.79 Å². The molecule has 2 rings (SSSR count). The lowest BCUT2D eigenvalue weighted by atomic mass is 9.85. The van der Waals surface area contributed by atoms with Crippen molar-refractivity contribution < 1.29 is 19.0 Å². The second-order valence-corrected chi connectivity index (χ2v) is 7.36. The van der Waals surface area contributed by atoms with Crippen LogP contribution in [0.4, 0.5) is 0 Å². The molecular formula is C24H33NO4. The Labute approximate surface area is 174 Å². The molecule has 2 atom stereocenters. The summed E-state index contributed by atoms with van der Waals surface area (Å²) >= 11 is 0. The lowest BCUT2D eigenvalue weighted by Crippen LogP contribution is -2.34. The number of benzene rings is 2. The fraction of sp³-hybridized carbons (Fsp3) is 0.458. The van der Waals surface area contributed by atoms with Crippen LogP contribution < -0.4 is 15.2 Å². The molecule has 0 heterocycles. The van der Waals surface area contributed by atoms with Gasteiger partial charge in [0.1, 0.15) is 23.6 Å². The van der Waals surface area contributed by atoms with Gasteiger partial charge >= 0.3 is 5.97 Å². The van der Waals surface area contributed by atoms with Gasteiger partial charge in [0.05, 0.1) is 19.1 Å². The Balaban J connectivity index is 2.63. The third kappa shape index (κ3) is 5.73. The molecule has 0 aliphatic rings. The van der Waals surface area contributed by atoms with Crippen molar-refractivity contribution in [3.63, 3.8) is 0 Å². The van der Waals surface area contributed by atoms with E-state index >= 15 is 0 Å². The summed E-state index contributed by atoms with van der Waals surface area (Å²) in [5, 5.41) is 0. The van der Waals surface area contributed by atoms with E-state index in [1.165, 1.54) is 0 Å². The number of aryl methyl sites for hydroxylation is 2. The topological polar surface area (TPSA) is 70.8 Å². The fourth-order valence-corrected chi connectivity index (χ4v) is 3.39. The fourth-order valence-electron chi connectivity index (χ4n) is 3.39. The zero-order valence-electron chi connectivity index (χ0n) is 18.3. The number of rotatable bonds is 9. The monoisotopic (exact) mass is 399 g/mol. The van der Waals surface area contributed by atoms with Gasteiger partial charge in [-0.3, -0.25) is 4.79 Å². The Kier molecular flexibility index (Phi) is 8.09. The third-order valence-corrected chi connectivity index (χ3v) is 4.75. The molecule has 0 bridgehead atoms. The largest absolute Gasteiger partial charge is 0.494 e. The highest BCUT2D eigenvalue weighted by atomic mass is 16.5. The molecule has 5 heteroatoms. The normalized spacial score (nSPS) is 13.1. The van der Waals surface area contributed by atoms with Gasteiger partial charge in [-0.1, -0.05) is 24.3 Å². The second kappa shape index (κ2) is 10.3. The van der Waals surface area contributed by atoms with Crippen molar-refractivity contribution in [2.24, 2.45) is 5.73 Å². The quantitative estimate of drug-likeness (QED) is 0.628. The lowest BCUT2D eigenvalue weighted by molar-refractivity contribution is -0.150. The van der Waals surface area contributed by atoms with Crippen molar-refractivity contribution in [3.05, 3.63) is 58.7 Å². The van der Waals surface area contributed by atoms with Crippen LogP contribution in [0, 0.1) is 13.8 Å². The van der Waals surface area contributed by atoms with Crippen molar-refractivity contribution in [2.45, 2.75) is 59.6 Å². The first kappa shape index (κ1) is 22.8. The van der Waals surface area contributed by atoms with Gasteiger partial charge in [-0.05, 0) is 64.8 Å². The van der Waals surface area contributed by atoms with E-state index < -0.39 is 18.1 Å². The Morgan fingerprint density at radius 3 is 1.72 bits per heavy atom. The molecule has 29 heavy (non-hydrogen) atoms. The summed E-state index contributed by atoms with van der Waals surface area (Å²) in [5.41, 5.74) is 9.84. The van der Waals surface area contributed by atoms with E-state index in [1.807, 2.05) is 71.0 Å². The molecule has 2 aromatic rings. The molecule has 0 amide bonds. The van der Waals surface area contributed by atoms with Crippen molar-refractivity contribution in [1.29, 1.82) is 0 Å². The first-order valence-corrected chi connectivity index (χ1v) is 10.2. The van der Waals surface area contributed by atoms with Gasteiger partial charge in [0.15, 0.2) is 0 Å². The number of hydrogen-bond donors (Lipinski definition) is 1. The van der Waals surface area contributed by atoms with Gasteiger partial charge in [0.2, 0.25) is 0 Å². The molecule has 0 aromatic heterocycles. The maximum absolute atomic E-state index is 12.2. The SMILES string of the molecule is CCOc1cc(C)ccc1C(c1ccc(C)cc1OCC)[C@H](C)OC(=O)[C@H](C)N. The number of carbonyl (C=O) groups excluding carboxylic acids is 1. The number of carbonyl (C=O) groups is 1. The summed E-state index contributed by atoms with van der Waals surface area (Å²) in [7, 11) is 0. The van der Waals surface area contributed by atoms with E-state index in [1.54, 1.807) is 6.92 Å². The van der Waals surface area contributed by atoms with Crippen molar-refractivity contribution in [3.8, 4) is 11.5 Å². The van der Waals surface area contributed by atoms with Crippen molar-refractivity contribution in [2.75, 3.05) is 13.2 Å². The molecule has 0 spiro atoms. The number of hydrogen-bond acceptors (Lipinski definition) is 5. The average Bonchev–Trinajstić information content (AvgIpc) is 2.65. The minimum absolute atomic E-state index is 0.262. The summed E-state index contributed by atoms with van der Waals surface area (Å²) in [6.07, 6.45) is -0.461. The molecule has 5 nitrogen and oxygen atoms in total. The van der Waals surface area contributed by atoms with Crippen LogP contribution in [-0.2, 0) is 9.53 Å². The van der Waals surface area contributed by atoms with Crippen LogP contribution in [0.1, 0.15) is 55.9 Å². The highest BCUT2D eigenvalue weighted by Crippen LogP contribution is 2.40. The smallest absolute Gasteiger partial charge is 0.322 e. The van der Waals surface area contributed by atoms with Gasteiger partial charge in [0.25, 0.3) is 0 Å². The zero-order valence-corrected chi connectivity index (χ0v) is 18.3. The van der Waals surface area contributed by atoms with Crippen LogP contribution in [0.5, 0.6) is 11.5 Å². The second-order valence-electron chi connectivity index (χ2n) is 7.36. The summed E-state index contributed by atoms with van der Waals surface area (Å²) in [6, 6.07) is 11.5. The Hall–Kier alpha value is -2.53. The van der Waals surface area contributed by atoms with E-state index in [0.29, 0.717) is 13.2 Å². The predicted molar refractivity (Wildman–Crippen MR) is 116 cm³/mol. The van der Waals surface area contributed by atoms with Crippen molar-refractivity contribution >= 4 is 5.97 Å². The van der Waals surface area contributed by atoms with Gasteiger partial charge in [-0.2, -0.15) is 0 Å². The van der Waals surface area contributed by atoms with Crippen LogP contribution in [0.15, 0.2) is 36.4 Å². The summed E-state index contributed by atoms with van der Waals surface area (Å²) in [4.78, 5) is 12.2. The standard InChI is InChI=1S/C24H33NO4/c1-7-27-21-13-15(3)9-11-19(21)23(18(6)29-24(26)17(5)25)20-12-10-16(4)14-22(20)28-8-2/h9-14,17-18,23H,7-8,25H2,1-6H3/t17-,18-/m0/s1. The molecule has 0 radical (unpaired) electrons. The number of nitrogens with two attached hydrogens (primary N) is 1. The lowest BCUT2D eigenvalue weighted by Gasteiger charge is -2.29. The van der Waals surface area contributed by atoms with Gasteiger partial charge in [-0.15, -0.1) is 0 Å². The van der Waals surface area contributed by atoms with Crippen LogP contribution >= 0.6 is 0 Å². The molecule has 2 aromatic carbocycles. The Morgan fingerprint density at radius 2 is 1.34 bits per heavy atom. The Morgan fingerprint density at radius 1 is 0.897 bits per heavy atom. The van der Waals surface area contributed by atoms with E-state index in [4.69, 9.17) is 19.9 Å². The summed E-state index contributed by atoms with van der Waals surface area (Å²) in [6.45, 7) is 12.6. The highest BCUT2D eigenvalue weighted by molar-refractivity contribution is 5.75. The number of ether oxygens (including phenoxy) is 3. The van der Waals surface area contributed by atoms with Gasteiger partial charge in [0, 0.05) is 11.1 Å². The molecule has 2 N–H and O–H groups in total. The predicted octanol–water partition coefficient (Wildman–Crippen LogP) is 4.51. The Bertz CT molecular complexity index is 776. The maximum atomic E-state index is 12.2. The number of esters is 1. The zero-order chi connectivity index (χ0) is 21.6. The molecule has 158 valence electrons. The first-order valence-electron chi connectivity index (χ1n) is 10.2. The molecule has 0 aliphatic carbocycles. The first-order chi connectivity index (χ1) is 13.8. The third-order valence-electron chi connectivity index (χ3n) is 4.75. The van der Waals surface area contributed by atoms with Crippen LogP contribution in [0.25, 0.3) is 0 Å². The van der Waals surface area contributed by atoms with Gasteiger partial charge in [-0.25, -0.2) is 0 Å². The minimum atomic E-state index is -0.688. The van der Waals surface area contributed by atoms with Crippen molar-refractivity contribution in [1.82, 2.24) is 0 Å². The van der Waals surface area contributed by atoms with Crippen LogP contribution in [0.3, 0.4) is 0 Å². The molecule has 0 saturated carbocycles. The van der Waals surface area contributed by atoms with Gasteiger partial charge < -0.3 is 19.9 Å². The summed E-state index contributed by atoms with van der Waals surface area (Å²) < 4.78 is 17.6. The molecule has 0 unspecified atom stereocenters. The molecule has 0 fully saturated rings. The molecule has 0 aliphatic heterocycles. The van der Waals surface area contributed by atoms with E-state index in [-0.39, 0.29) is 5.92 Å². The van der Waals surface area contributed by atoms with E-state index in [2.05, 4.69) is 0 Å². The molecular weight excluding hydrogens is 366 g/mol. The molecule has 0 saturated heterocycles. The van der Waals surface area contributed by atoms with E-state index in [0.717, 1.165) is 33.8 Å². The summed E-state index contributed by atoms with van der Waals surface area (Å²) in [5.74, 6) is 0.869. The van der Waals surface area contributed by atoms with Crippen LogP contribution in [0.2, 0.25) is 0 Å². The minimum Gasteiger partial charge on any atom is -0.494 e. The van der Waals surface area contributed by atoms with Crippen LogP contribution in [-0.4, -0.2) is 31.3 Å². The average molecular weight is 400 g/mol.